The van der Waals surface area contributed by atoms with Crippen LogP contribution in [0, 0.1) is 0 Å². The van der Waals surface area contributed by atoms with Crippen molar-refractivity contribution in [1.82, 2.24) is 9.78 Å². The lowest BCUT2D eigenvalue weighted by atomic mass is 10.4. The molecular formula is C5H4N2O5. The van der Waals surface area contributed by atoms with E-state index in [1.165, 1.54) is 0 Å². The number of aromatic nitrogens is 2. The Morgan fingerprint density at radius 1 is 1.42 bits per heavy atom. The molecule has 3 N–H and O–H groups in total. The van der Waals surface area contributed by atoms with E-state index < -0.39 is 23.3 Å². The molecule has 0 saturated heterocycles. The molecule has 1 aromatic rings. The van der Waals surface area contributed by atoms with Gasteiger partial charge >= 0.3 is 12.1 Å². The van der Waals surface area contributed by atoms with Crippen LogP contribution in [0.25, 0.3) is 0 Å². The fraction of sp³-hybridized carbons (Fsp3) is 0. The molecule has 7 nitrogen and oxygen atoms in total. The average Bonchev–Trinajstić information content (AvgIpc) is 2.30. The number of carboxylic acid groups (broad SMARTS) is 2. The molecule has 7 heteroatoms. The fourth-order valence-electron chi connectivity index (χ4n) is 0.647. The van der Waals surface area contributed by atoms with Crippen molar-refractivity contribution >= 4 is 12.1 Å². The summed E-state index contributed by atoms with van der Waals surface area (Å²) in [5.74, 6) is -1.38. The molecule has 0 amide bonds. The zero-order chi connectivity index (χ0) is 9.30. The van der Waals surface area contributed by atoms with Crippen LogP contribution >= 0.6 is 0 Å². The summed E-state index contributed by atoms with van der Waals surface area (Å²) >= 11 is 0. The summed E-state index contributed by atoms with van der Waals surface area (Å²) in [7, 11) is 0. The van der Waals surface area contributed by atoms with Gasteiger partial charge in [-0.2, -0.15) is 0 Å². The van der Waals surface area contributed by atoms with Crippen molar-refractivity contribution < 1.29 is 19.8 Å². The third kappa shape index (κ3) is 1.19. The zero-order valence-electron chi connectivity index (χ0n) is 5.64. The molecule has 0 bridgehead atoms. The molecule has 0 atom stereocenters. The Bertz CT molecular complexity index is 387. The zero-order valence-corrected chi connectivity index (χ0v) is 5.64. The number of aromatic carboxylic acids is 1. The Balaban J connectivity index is 3.27. The highest BCUT2D eigenvalue weighted by Crippen LogP contribution is 1.88. The molecule has 0 aliphatic rings. The van der Waals surface area contributed by atoms with Crippen LogP contribution in [-0.2, 0) is 0 Å². The van der Waals surface area contributed by atoms with Crippen LogP contribution < -0.4 is 5.56 Å². The standard InChI is InChI=1S/C5H4N2O5/c8-3-1-2(4(9)10)6-7(3)5(11)12/h1,6H,(H,9,10)(H,11,12). The topological polar surface area (TPSA) is 112 Å². The molecule has 0 spiro atoms. The molecule has 0 fully saturated rings. The van der Waals surface area contributed by atoms with Crippen molar-refractivity contribution in [3.8, 4) is 0 Å². The molecule has 0 aromatic carbocycles. The average molecular weight is 172 g/mol. The first-order chi connectivity index (χ1) is 5.52. The Hall–Kier alpha value is -2.05. The largest absolute Gasteiger partial charge is 0.477 e. The smallest absolute Gasteiger partial charge is 0.433 e. The summed E-state index contributed by atoms with van der Waals surface area (Å²) in [5, 5.41) is 18.5. The summed E-state index contributed by atoms with van der Waals surface area (Å²) in [4.78, 5) is 31.1. The third-order valence-electron chi connectivity index (χ3n) is 1.14. The lowest BCUT2D eigenvalue weighted by molar-refractivity contribution is 0.0690. The van der Waals surface area contributed by atoms with Gasteiger partial charge in [-0.05, 0) is 0 Å². The van der Waals surface area contributed by atoms with E-state index in [0.717, 1.165) is 0 Å². The summed E-state index contributed by atoms with van der Waals surface area (Å²) in [5.41, 5.74) is -1.37. The van der Waals surface area contributed by atoms with Crippen LogP contribution in [0.1, 0.15) is 10.5 Å². The summed E-state index contributed by atoms with van der Waals surface area (Å²) in [6, 6.07) is 0.691. The van der Waals surface area contributed by atoms with Crippen LogP contribution in [0.3, 0.4) is 0 Å². The molecule has 0 aliphatic heterocycles. The van der Waals surface area contributed by atoms with Gasteiger partial charge in [-0.3, -0.25) is 9.89 Å². The number of aromatic amines is 1. The molecule has 1 rings (SSSR count). The van der Waals surface area contributed by atoms with Crippen LogP contribution in [0.5, 0.6) is 0 Å². The van der Waals surface area contributed by atoms with Gasteiger partial charge in [0.25, 0.3) is 5.56 Å². The first-order valence-corrected chi connectivity index (χ1v) is 2.81. The molecule has 0 unspecified atom stereocenters. The van der Waals surface area contributed by atoms with Gasteiger partial charge in [-0.15, -0.1) is 4.68 Å². The second-order valence-corrected chi connectivity index (χ2v) is 1.93. The Labute approximate surface area is 64.8 Å². The van der Waals surface area contributed by atoms with E-state index >= 15 is 0 Å². The SMILES string of the molecule is O=C(O)c1cc(=O)n(C(=O)O)[nH]1. The van der Waals surface area contributed by atoms with Gasteiger partial charge in [-0.25, -0.2) is 9.59 Å². The predicted molar refractivity (Wildman–Crippen MR) is 35.4 cm³/mol. The van der Waals surface area contributed by atoms with E-state index in [1.54, 1.807) is 0 Å². The fourth-order valence-corrected chi connectivity index (χ4v) is 0.647. The Morgan fingerprint density at radius 3 is 2.25 bits per heavy atom. The van der Waals surface area contributed by atoms with E-state index in [1.807, 2.05) is 5.10 Å². The molecule has 1 heterocycles. The number of rotatable bonds is 1. The van der Waals surface area contributed by atoms with Crippen LogP contribution in [-0.4, -0.2) is 32.1 Å². The highest BCUT2D eigenvalue weighted by molar-refractivity contribution is 5.85. The van der Waals surface area contributed by atoms with Crippen molar-refractivity contribution in [3.63, 3.8) is 0 Å². The lowest BCUT2D eigenvalue weighted by Gasteiger charge is -1.89. The number of carboxylic acids is 1. The maximum Gasteiger partial charge on any atom is 0.433 e. The minimum Gasteiger partial charge on any atom is -0.477 e. The van der Waals surface area contributed by atoms with Crippen molar-refractivity contribution in [2.24, 2.45) is 0 Å². The van der Waals surface area contributed by atoms with E-state index in [4.69, 9.17) is 10.2 Å². The molecule has 1 aromatic heterocycles. The van der Waals surface area contributed by atoms with Gasteiger partial charge in [0.2, 0.25) is 0 Å². The van der Waals surface area contributed by atoms with Gasteiger partial charge in [0.15, 0.2) is 0 Å². The van der Waals surface area contributed by atoms with Crippen molar-refractivity contribution in [2.45, 2.75) is 0 Å². The number of nitrogens with zero attached hydrogens (tertiary/aromatic N) is 1. The molecular weight excluding hydrogens is 168 g/mol. The maximum absolute atomic E-state index is 10.7. The second kappa shape index (κ2) is 2.53. The van der Waals surface area contributed by atoms with E-state index in [-0.39, 0.29) is 4.68 Å². The third-order valence-corrected chi connectivity index (χ3v) is 1.14. The summed E-state index contributed by atoms with van der Waals surface area (Å²) in [6.45, 7) is 0. The second-order valence-electron chi connectivity index (χ2n) is 1.93. The Morgan fingerprint density at radius 2 is 2.00 bits per heavy atom. The summed E-state index contributed by atoms with van der Waals surface area (Å²) < 4.78 is 0.184. The van der Waals surface area contributed by atoms with Crippen molar-refractivity contribution in [1.29, 1.82) is 0 Å². The van der Waals surface area contributed by atoms with Gasteiger partial charge in [0.05, 0.1) is 0 Å². The van der Waals surface area contributed by atoms with Crippen molar-refractivity contribution in [3.05, 3.63) is 22.1 Å². The molecule has 0 radical (unpaired) electrons. The van der Waals surface area contributed by atoms with E-state index in [0.29, 0.717) is 6.07 Å². The monoisotopic (exact) mass is 172 g/mol. The van der Waals surface area contributed by atoms with Gasteiger partial charge < -0.3 is 10.2 Å². The molecule has 0 aliphatic carbocycles. The lowest BCUT2D eigenvalue weighted by Crippen LogP contribution is -2.22. The number of hydrogen-bond acceptors (Lipinski definition) is 3. The van der Waals surface area contributed by atoms with Gasteiger partial charge in [0, 0.05) is 6.07 Å². The Kier molecular flexibility index (Phi) is 1.70. The quantitative estimate of drug-likeness (QED) is 0.523. The first kappa shape index (κ1) is 8.05. The van der Waals surface area contributed by atoms with Crippen LogP contribution in [0.4, 0.5) is 4.79 Å². The van der Waals surface area contributed by atoms with Crippen LogP contribution in [0.15, 0.2) is 10.9 Å². The number of nitrogens with one attached hydrogen (secondary N) is 1. The highest BCUT2D eigenvalue weighted by Gasteiger charge is 2.12. The van der Waals surface area contributed by atoms with Crippen molar-refractivity contribution in [2.75, 3.05) is 0 Å². The molecule has 64 valence electrons. The van der Waals surface area contributed by atoms with E-state index in [9.17, 15) is 14.4 Å². The molecule has 0 saturated carbocycles. The van der Waals surface area contributed by atoms with E-state index in [2.05, 4.69) is 0 Å². The maximum atomic E-state index is 10.7. The van der Waals surface area contributed by atoms with Crippen LogP contribution in [0.2, 0.25) is 0 Å². The van der Waals surface area contributed by atoms with Gasteiger partial charge in [-0.1, -0.05) is 0 Å². The minimum atomic E-state index is -1.55. The van der Waals surface area contributed by atoms with Gasteiger partial charge in [0.1, 0.15) is 5.69 Å². The first-order valence-electron chi connectivity index (χ1n) is 2.81. The predicted octanol–water partition coefficient (Wildman–Crippen LogP) is -0.599. The number of hydrogen-bond donors (Lipinski definition) is 3. The normalized spacial score (nSPS) is 9.67. The molecule has 12 heavy (non-hydrogen) atoms. The minimum absolute atomic E-state index is 0.184. The number of carbonyl (C=O) groups is 2. The summed E-state index contributed by atoms with van der Waals surface area (Å²) in [6.07, 6.45) is -1.55. The highest BCUT2D eigenvalue weighted by atomic mass is 16.4. The number of H-pyrrole nitrogens is 1.